The molecule has 3 aromatic rings. The van der Waals surface area contributed by atoms with Gasteiger partial charge in [0, 0.05) is 15.4 Å². The monoisotopic (exact) mass is 430 g/mol. The Morgan fingerprint density at radius 1 is 1.28 bits per heavy atom. The molecule has 1 heterocycles. The number of rotatable bonds is 4. The number of hydrazone groups is 1. The fourth-order valence-electron chi connectivity index (χ4n) is 2.10. The van der Waals surface area contributed by atoms with Gasteiger partial charge in [-0.05, 0) is 42.8 Å². The van der Waals surface area contributed by atoms with E-state index in [9.17, 15) is 5.26 Å². The molecule has 0 saturated carbocycles. The van der Waals surface area contributed by atoms with Gasteiger partial charge < -0.3 is 0 Å². The Hall–Kier alpha value is -2.20. The molecule has 0 amide bonds. The van der Waals surface area contributed by atoms with Crippen LogP contribution in [-0.4, -0.2) is 10.7 Å². The Bertz CT molecular complexity index is 973. The van der Waals surface area contributed by atoms with E-state index >= 15 is 0 Å². The van der Waals surface area contributed by atoms with Crippen LogP contribution in [0.1, 0.15) is 10.6 Å². The van der Waals surface area contributed by atoms with E-state index in [4.69, 9.17) is 11.6 Å². The van der Waals surface area contributed by atoms with Gasteiger partial charge in [0.2, 0.25) is 0 Å². The van der Waals surface area contributed by atoms with E-state index in [0.717, 1.165) is 27.0 Å². The zero-order chi connectivity index (χ0) is 17.8. The van der Waals surface area contributed by atoms with Crippen molar-refractivity contribution in [3.63, 3.8) is 0 Å². The van der Waals surface area contributed by atoms with Gasteiger partial charge in [-0.3, -0.25) is 5.43 Å². The molecule has 124 valence electrons. The highest BCUT2D eigenvalue weighted by atomic mass is 79.9. The summed E-state index contributed by atoms with van der Waals surface area (Å²) in [4.78, 5) is 4.50. The fourth-order valence-corrected chi connectivity index (χ4v) is 3.45. The second kappa shape index (κ2) is 7.79. The van der Waals surface area contributed by atoms with Crippen LogP contribution in [-0.2, 0) is 0 Å². The summed E-state index contributed by atoms with van der Waals surface area (Å²) in [6, 6.07) is 15.4. The maximum atomic E-state index is 9.38. The third kappa shape index (κ3) is 4.26. The van der Waals surface area contributed by atoms with Crippen LogP contribution in [0.25, 0.3) is 11.3 Å². The molecule has 0 aliphatic rings. The normalized spacial score (nSPS) is 11.2. The summed E-state index contributed by atoms with van der Waals surface area (Å²) in [7, 11) is 0. The van der Waals surface area contributed by atoms with E-state index in [1.165, 1.54) is 11.3 Å². The molecular weight excluding hydrogens is 420 g/mol. The molecule has 7 heteroatoms. The molecule has 3 rings (SSSR count). The maximum absolute atomic E-state index is 9.38. The van der Waals surface area contributed by atoms with Crippen LogP contribution in [0.4, 0.5) is 5.69 Å². The summed E-state index contributed by atoms with van der Waals surface area (Å²) in [5, 5.41) is 16.6. The van der Waals surface area contributed by atoms with Gasteiger partial charge in [-0.1, -0.05) is 39.7 Å². The molecule has 0 atom stereocenters. The minimum atomic E-state index is 0.224. The first-order chi connectivity index (χ1) is 12.1. The molecule has 0 spiro atoms. The molecule has 0 aliphatic heterocycles. The highest BCUT2D eigenvalue weighted by Gasteiger charge is 2.12. The molecule has 0 bridgehead atoms. The summed E-state index contributed by atoms with van der Waals surface area (Å²) in [6.45, 7) is 1.98. The molecule has 4 nitrogen and oxygen atoms in total. The van der Waals surface area contributed by atoms with Gasteiger partial charge in [0.05, 0.1) is 16.4 Å². The summed E-state index contributed by atoms with van der Waals surface area (Å²) in [5.74, 6) is 0. The molecule has 1 N–H and O–H groups in total. The van der Waals surface area contributed by atoms with Gasteiger partial charge in [0.15, 0.2) is 10.7 Å². The number of benzene rings is 2. The van der Waals surface area contributed by atoms with Crippen molar-refractivity contribution in [1.82, 2.24) is 4.98 Å². The number of hydrogen-bond donors (Lipinski definition) is 1. The van der Waals surface area contributed by atoms with Crippen LogP contribution in [0, 0.1) is 18.3 Å². The van der Waals surface area contributed by atoms with Gasteiger partial charge in [-0.25, -0.2) is 4.98 Å². The number of nitrogens with one attached hydrogen (secondary N) is 1. The van der Waals surface area contributed by atoms with Gasteiger partial charge >= 0.3 is 0 Å². The average Bonchev–Trinajstić information content (AvgIpc) is 3.06. The van der Waals surface area contributed by atoms with Crippen LogP contribution in [0.5, 0.6) is 0 Å². The van der Waals surface area contributed by atoms with E-state index < -0.39 is 0 Å². The van der Waals surface area contributed by atoms with Gasteiger partial charge in [0.1, 0.15) is 6.07 Å². The van der Waals surface area contributed by atoms with E-state index in [0.29, 0.717) is 10.0 Å². The number of aromatic nitrogens is 1. The van der Waals surface area contributed by atoms with E-state index in [1.807, 2.05) is 54.8 Å². The maximum Gasteiger partial charge on any atom is 0.196 e. The Balaban J connectivity index is 1.85. The lowest BCUT2D eigenvalue weighted by atomic mass is 10.1. The molecule has 0 fully saturated rings. The lowest BCUT2D eigenvalue weighted by molar-refractivity contribution is 1.31. The van der Waals surface area contributed by atoms with Crippen molar-refractivity contribution in [2.75, 3.05) is 5.43 Å². The molecule has 25 heavy (non-hydrogen) atoms. The smallest absolute Gasteiger partial charge is 0.196 e. The molecule has 0 unspecified atom stereocenters. The van der Waals surface area contributed by atoms with Crippen LogP contribution in [0.3, 0.4) is 0 Å². The molecule has 0 saturated heterocycles. The summed E-state index contributed by atoms with van der Waals surface area (Å²) < 4.78 is 0.974. The first-order valence-electron chi connectivity index (χ1n) is 7.28. The van der Waals surface area contributed by atoms with Crippen molar-refractivity contribution < 1.29 is 0 Å². The number of thiazole rings is 1. The van der Waals surface area contributed by atoms with Crippen molar-refractivity contribution in [3.8, 4) is 17.3 Å². The van der Waals surface area contributed by atoms with Gasteiger partial charge in [-0.2, -0.15) is 10.4 Å². The van der Waals surface area contributed by atoms with Crippen molar-refractivity contribution >= 4 is 50.3 Å². The number of anilines is 1. The van der Waals surface area contributed by atoms with Crippen LogP contribution in [0.2, 0.25) is 5.02 Å². The number of nitriles is 1. The number of aryl methyl sites for hydroxylation is 1. The highest BCUT2D eigenvalue weighted by Crippen LogP contribution is 2.29. The molecule has 0 aliphatic carbocycles. The van der Waals surface area contributed by atoms with Crippen molar-refractivity contribution in [3.05, 3.63) is 67.9 Å². The molecule has 2 aromatic carbocycles. The first-order valence-corrected chi connectivity index (χ1v) is 9.33. The number of nitrogens with zero attached hydrogens (tertiary/aromatic N) is 3. The first kappa shape index (κ1) is 17.6. The molecular formula is C18H12BrClN4S. The third-order valence-corrected chi connectivity index (χ3v) is 5.04. The predicted octanol–water partition coefficient (Wildman–Crippen LogP) is 5.87. The highest BCUT2D eigenvalue weighted by molar-refractivity contribution is 9.10. The van der Waals surface area contributed by atoms with Crippen LogP contribution < -0.4 is 5.43 Å². The summed E-state index contributed by atoms with van der Waals surface area (Å²) >= 11 is 11.0. The second-order valence-corrected chi connectivity index (χ2v) is 7.39. The van der Waals surface area contributed by atoms with Crippen molar-refractivity contribution in [1.29, 1.82) is 5.26 Å². The van der Waals surface area contributed by atoms with E-state index in [-0.39, 0.29) is 5.71 Å². The second-order valence-electron chi connectivity index (χ2n) is 5.21. The number of halogens is 2. The Labute approximate surface area is 162 Å². The number of hydrogen-bond acceptors (Lipinski definition) is 5. The summed E-state index contributed by atoms with van der Waals surface area (Å²) in [6.07, 6.45) is 0. The predicted molar refractivity (Wildman–Crippen MR) is 107 cm³/mol. The van der Waals surface area contributed by atoms with Crippen molar-refractivity contribution in [2.45, 2.75) is 6.92 Å². The van der Waals surface area contributed by atoms with Crippen molar-refractivity contribution in [2.24, 2.45) is 5.10 Å². The van der Waals surface area contributed by atoms with Crippen LogP contribution >= 0.6 is 38.9 Å². The third-order valence-electron chi connectivity index (χ3n) is 3.35. The average molecular weight is 432 g/mol. The fraction of sp³-hybridized carbons (Fsp3) is 0.0556. The Morgan fingerprint density at radius 3 is 2.72 bits per heavy atom. The van der Waals surface area contributed by atoms with Crippen LogP contribution in [0.15, 0.2) is 57.4 Å². The van der Waals surface area contributed by atoms with Gasteiger partial charge in [0.25, 0.3) is 0 Å². The van der Waals surface area contributed by atoms with E-state index in [2.05, 4.69) is 37.5 Å². The Morgan fingerprint density at radius 2 is 2.04 bits per heavy atom. The minimum Gasteiger partial charge on any atom is -0.277 e. The SMILES string of the molecule is Cc1ccc(-c2csc(/C(C#N)=N/Nc3ccc(Br)cc3)n2)c(Cl)c1. The topological polar surface area (TPSA) is 61.1 Å². The minimum absolute atomic E-state index is 0.224. The Kier molecular flexibility index (Phi) is 5.49. The summed E-state index contributed by atoms with van der Waals surface area (Å²) in [5.41, 5.74) is 6.54. The lowest BCUT2D eigenvalue weighted by Gasteiger charge is -2.02. The zero-order valence-corrected chi connectivity index (χ0v) is 16.3. The van der Waals surface area contributed by atoms with E-state index in [1.54, 1.807) is 0 Å². The van der Waals surface area contributed by atoms with Gasteiger partial charge in [-0.15, -0.1) is 11.3 Å². The largest absolute Gasteiger partial charge is 0.277 e. The molecule has 1 aromatic heterocycles. The molecule has 0 radical (unpaired) electrons. The zero-order valence-electron chi connectivity index (χ0n) is 13.1. The lowest BCUT2D eigenvalue weighted by Crippen LogP contribution is -2.01. The quantitative estimate of drug-likeness (QED) is 0.415. The standard InChI is InChI=1S/C18H12BrClN4S/c1-11-2-7-14(15(20)8-11)17-10-25-18(22-17)16(9-21)24-23-13-5-3-12(19)4-6-13/h2-8,10,23H,1H3/b24-16+.